The van der Waals surface area contributed by atoms with Crippen molar-refractivity contribution in [2.24, 2.45) is 0 Å². The molecule has 0 aromatic carbocycles. The van der Waals surface area contributed by atoms with Crippen LogP contribution in [0.1, 0.15) is 36.2 Å². The van der Waals surface area contributed by atoms with Gasteiger partial charge in [0.25, 0.3) is 5.91 Å². The summed E-state index contributed by atoms with van der Waals surface area (Å²) in [4.78, 5) is 19.7. The first-order chi connectivity index (χ1) is 8.65. The second kappa shape index (κ2) is 5.56. The second-order valence-electron chi connectivity index (χ2n) is 4.60. The molecule has 98 valence electrons. The van der Waals surface area contributed by atoms with Crippen LogP contribution in [0.15, 0.2) is 12.4 Å². The lowest BCUT2D eigenvalue weighted by Gasteiger charge is -2.26. The monoisotopic (exact) mass is 266 g/mol. The highest BCUT2D eigenvalue weighted by Gasteiger charge is 2.33. The number of hydrogen-bond acceptors (Lipinski definition) is 5. The lowest BCUT2D eigenvalue weighted by molar-refractivity contribution is 0.0944. The van der Waals surface area contributed by atoms with Gasteiger partial charge < -0.3 is 11.1 Å². The zero-order valence-electron chi connectivity index (χ0n) is 10.5. The van der Waals surface area contributed by atoms with Gasteiger partial charge in [-0.1, -0.05) is 12.8 Å². The van der Waals surface area contributed by atoms with Crippen LogP contribution in [-0.2, 0) is 0 Å². The van der Waals surface area contributed by atoms with E-state index in [4.69, 9.17) is 5.73 Å². The van der Waals surface area contributed by atoms with Crippen LogP contribution in [0.5, 0.6) is 0 Å². The largest absolute Gasteiger partial charge is 0.382 e. The summed E-state index contributed by atoms with van der Waals surface area (Å²) in [6, 6.07) is 0. The van der Waals surface area contributed by atoms with E-state index in [2.05, 4.69) is 21.5 Å². The molecule has 1 aliphatic carbocycles. The average molecular weight is 266 g/mol. The number of nitrogens with one attached hydrogen (secondary N) is 1. The van der Waals surface area contributed by atoms with Crippen molar-refractivity contribution >= 4 is 23.5 Å². The van der Waals surface area contributed by atoms with Crippen molar-refractivity contribution in [3.8, 4) is 0 Å². The SMILES string of the molecule is CSC1(CNC(=O)c2cnc(N)cn2)CCCC1. The van der Waals surface area contributed by atoms with E-state index in [-0.39, 0.29) is 10.7 Å². The minimum absolute atomic E-state index is 0.178. The molecule has 0 aliphatic heterocycles. The Bertz CT molecular complexity index is 415. The third-order valence-electron chi connectivity index (χ3n) is 3.42. The lowest BCUT2D eigenvalue weighted by Crippen LogP contribution is -2.38. The van der Waals surface area contributed by atoms with E-state index in [1.807, 2.05) is 11.8 Å². The highest BCUT2D eigenvalue weighted by Crippen LogP contribution is 2.39. The molecule has 1 aromatic heterocycles. The maximum atomic E-state index is 11.9. The van der Waals surface area contributed by atoms with Gasteiger partial charge in [0.05, 0.1) is 12.4 Å². The highest BCUT2D eigenvalue weighted by molar-refractivity contribution is 8.00. The van der Waals surface area contributed by atoms with Crippen LogP contribution in [-0.4, -0.2) is 33.4 Å². The molecule has 2 rings (SSSR count). The summed E-state index contributed by atoms with van der Waals surface area (Å²) >= 11 is 1.85. The minimum atomic E-state index is -0.178. The van der Waals surface area contributed by atoms with Crippen molar-refractivity contribution in [2.75, 3.05) is 18.5 Å². The van der Waals surface area contributed by atoms with Gasteiger partial charge in [-0.25, -0.2) is 9.97 Å². The normalized spacial score (nSPS) is 17.6. The molecule has 6 heteroatoms. The molecule has 1 saturated carbocycles. The number of thioether (sulfide) groups is 1. The first kappa shape index (κ1) is 13.1. The molecule has 1 amide bonds. The number of carbonyl (C=O) groups is 1. The number of hydrogen-bond donors (Lipinski definition) is 2. The Kier molecular flexibility index (Phi) is 4.06. The molecule has 1 fully saturated rings. The van der Waals surface area contributed by atoms with Crippen LogP contribution in [0.4, 0.5) is 5.82 Å². The van der Waals surface area contributed by atoms with Crippen molar-refractivity contribution in [1.82, 2.24) is 15.3 Å². The molecule has 18 heavy (non-hydrogen) atoms. The van der Waals surface area contributed by atoms with E-state index in [0.717, 1.165) is 0 Å². The fourth-order valence-corrected chi connectivity index (χ4v) is 3.17. The van der Waals surface area contributed by atoms with Gasteiger partial charge in [0.1, 0.15) is 11.5 Å². The molecule has 1 aromatic rings. The highest BCUT2D eigenvalue weighted by atomic mass is 32.2. The molecular weight excluding hydrogens is 248 g/mol. The molecule has 0 atom stereocenters. The van der Waals surface area contributed by atoms with Crippen LogP contribution >= 0.6 is 11.8 Å². The van der Waals surface area contributed by atoms with E-state index >= 15 is 0 Å². The Hall–Kier alpha value is -1.30. The Morgan fingerprint density at radius 2 is 2.17 bits per heavy atom. The molecule has 0 bridgehead atoms. The number of rotatable bonds is 4. The Morgan fingerprint density at radius 3 is 2.72 bits per heavy atom. The van der Waals surface area contributed by atoms with E-state index in [1.165, 1.54) is 38.1 Å². The first-order valence-electron chi connectivity index (χ1n) is 6.06. The van der Waals surface area contributed by atoms with Gasteiger partial charge in [0.2, 0.25) is 0 Å². The molecule has 5 nitrogen and oxygen atoms in total. The van der Waals surface area contributed by atoms with Gasteiger partial charge in [-0.2, -0.15) is 11.8 Å². The zero-order valence-corrected chi connectivity index (χ0v) is 11.3. The minimum Gasteiger partial charge on any atom is -0.382 e. The van der Waals surface area contributed by atoms with Gasteiger partial charge in [0, 0.05) is 11.3 Å². The fourth-order valence-electron chi connectivity index (χ4n) is 2.26. The van der Waals surface area contributed by atoms with E-state index in [0.29, 0.717) is 18.1 Å². The van der Waals surface area contributed by atoms with Gasteiger partial charge >= 0.3 is 0 Å². The predicted octanol–water partition coefficient (Wildman–Crippen LogP) is 1.46. The first-order valence-corrected chi connectivity index (χ1v) is 7.29. The van der Waals surface area contributed by atoms with Crippen LogP contribution < -0.4 is 11.1 Å². The predicted molar refractivity (Wildman–Crippen MR) is 73.5 cm³/mol. The fraction of sp³-hybridized carbons (Fsp3) is 0.583. The molecular formula is C12H18N4OS. The topological polar surface area (TPSA) is 80.9 Å². The summed E-state index contributed by atoms with van der Waals surface area (Å²) in [5.41, 5.74) is 5.75. The van der Waals surface area contributed by atoms with Crippen molar-refractivity contribution in [3.63, 3.8) is 0 Å². The Labute approximate surface area is 111 Å². The van der Waals surface area contributed by atoms with Crippen molar-refractivity contribution in [1.29, 1.82) is 0 Å². The quantitative estimate of drug-likeness (QED) is 0.862. The molecule has 3 N–H and O–H groups in total. The Morgan fingerprint density at radius 1 is 1.44 bits per heavy atom. The van der Waals surface area contributed by atoms with E-state index in [9.17, 15) is 4.79 Å². The third kappa shape index (κ3) is 2.93. The van der Waals surface area contributed by atoms with E-state index < -0.39 is 0 Å². The van der Waals surface area contributed by atoms with Crippen LogP contribution in [0.3, 0.4) is 0 Å². The van der Waals surface area contributed by atoms with Crippen LogP contribution in [0.25, 0.3) is 0 Å². The summed E-state index contributed by atoms with van der Waals surface area (Å²) in [5.74, 6) is 0.144. The smallest absolute Gasteiger partial charge is 0.271 e. The number of anilines is 1. The number of nitrogens with two attached hydrogens (primary N) is 1. The summed E-state index contributed by atoms with van der Waals surface area (Å²) in [7, 11) is 0. The molecule has 0 saturated heterocycles. The van der Waals surface area contributed by atoms with Gasteiger partial charge in [-0.15, -0.1) is 0 Å². The van der Waals surface area contributed by atoms with Crippen molar-refractivity contribution in [3.05, 3.63) is 18.1 Å². The summed E-state index contributed by atoms with van der Waals surface area (Å²) in [6.07, 6.45) is 9.75. The molecule has 0 unspecified atom stereocenters. The maximum absolute atomic E-state index is 11.9. The number of carbonyl (C=O) groups excluding carboxylic acids is 1. The number of nitrogen functional groups attached to an aromatic ring is 1. The van der Waals surface area contributed by atoms with Crippen LogP contribution in [0.2, 0.25) is 0 Å². The maximum Gasteiger partial charge on any atom is 0.271 e. The van der Waals surface area contributed by atoms with Crippen LogP contribution in [0, 0.1) is 0 Å². The average Bonchev–Trinajstić information content (AvgIpc) is 2.86. The summed E-state index contributed by atoms with van der Waals surface area (Å²) < 4.78 is 0.205. The third-order valence-corrected chi connectivity index (χ3v) is 4.84. The number of aromatic nitrogens is 2. The zero-order chi connectivity index (χ0) is 13.0. The van der Waals surface area contributed by atoms with Gasteiger partial charge in [-0.05, 0) is 19.1 Å². The summed E-state index contributed by atoms with van der Waals surface area (Å²) in [6.45, 7) is 0.694. The van der Waals surface area contributed by atoms with Crippen molar-refractivity contribution < 1.29 is 4.79 Å². The van der Waals surface area contributed by atoms with Gasteiger partial charge in [0.15, 0.2) is 0 Å². The van der Waals surface area contributed by atoms with E-state index in [1.54, 1.807) is 0 Å². The number of amides is 1. The molecule has 1 aliphatic rings. The number of nitrogens with zero attached hydrogens (tertiary/aromatic N) is 2. The lowest BCUT2D eigenvalue weighted by atomic mass is 10.1. The molecule has 1 heterocycles. The standard InChI is InChI=1S/C12H18N4OS/c1-18-12(4-2-3-5-12)8-16-11(17)9-6-15-10(13)7-14-9/h6-7H,2-5,8H2,1H3,(H2,13,15)(H,16,17). The molecule has 0 radical (unpaired) electrons. The second-order valence-corrected chi connectivity index (χ2v) is 5.88. The molecule has 0 spiro atoms. The Balaban J connectivity index is 1.93. The van der Waals surface area contributed by atoms with Crippen molar-refractivity contribution in [2.45, 2.75) is 30.4 Å². The summed E-state index contributed by atoms with van der Waals surface area (Å²) in [5, 5.41) is 2.95. The van der Waals surface area contributed by atoms with Gasteiger partial charge in [-0.3, -0.25) is 4.79 Å².